The Hall–Kier alpha value is -0.860. The van der Waals surface area contributed by atoms with Crippen molar-refractivity contribution in [3.63, 3.8) is 0 Å². The van der Waals surface area contributed by atoms with Crippen molar-refractivity contribution in [3.05, 3.63) is 0 Å². The van der Waals surface area contributed by atoms with Crippen LogP contribution in [0.4, 0.5) is 0 Å². The Labute approximate surface area is 153 Å². The molecule has 4 aliphatic rings. The molecule has 0 N–H and O–H groups in total. The third-order valence-corrected chi connectivity index (χ3v) is 8.70. The molecule has 3 unspecified atom stereocenters. The van der Waals surface area contributed by atoms with Gasteiger partial charge in [-0.3, -0.25) is 4.79 Å². The second-order valence-corrected chi connectivity index (χ2v) is 9.77. The van der Waals surface area contributed by atoms with Crippen LogP contribution in [0.25, 0.3) is 0 Å². The molecule has 4 fully saturated rings. The zero-order chi connectivity index (χ0) is 17.7. The topological polar surface area (TPSA) is 38.7 Å². The van der Waals surface area contributed by atoms with E-state index in [2.05, 4.69) is 25.9 Å². The third-order valence-electron chi connectivity index (χ3n) is 8.70. The summed E-state index contributed by atoms with van der Waals surface area (Å²) in [5, 5.41) is 4.45. The van der Waals surface area contributed by atoms with Gasteiger partial charge in [-0.1, -0.05) is 25.9 Å². The summed E-state index contributed by atoms with van der Waals surface area (Å²) in [6.45, 7) is 7.72. The van der Waals surface area contributed by atoms with Gasteiger partial charge in [0.15, 0.2) is 0 Å². The van der Waals surface area contributed by atoms with Crippen LogP contribution in [0.5, 0.6) is 0 Å². The van der Waals surface area contributed by atoms with E-state index >= 15 is 0 Å². The lowest BCUT2D eigenvalue weighted by molar-refractivity contribution is -0.137. The minimum Gasteiger partial charge on any atom is -0.396 e. The van der Waals surface area contributed by atoms with E-state index in [0.717, 1.165) is 62.9 Å². The van der Waals surface area contributed by atoms with Crippen molar-refractivity contribution in [3.8, 4) is 0 Å². The molecule has 6 atom stereocenters. The molecular formula is C22H35NO2. The van der Waals surface area contributed by atoms with Gasteiger partial charge in [0.1, 0.15) is 12.4 Å². The molecule has 4 rings (SSSR count). The Morgan fingerprint density at radius 1 is 1.08 bits per heavy atom. The van der Waals surface area contributed by atoms with Gasteiger partial charge in [0, 0.05) is 11.8 Å². The van der Waals surface area contributed by atoms with E-state index in [1.165, 1.54) is 31.4 Å². The Morgan fingerprint density at radius 3 is 2.72 bits per heavy atom. The molecule has 25 heavy (non-hydrogen) atoms. The quantitative estimate of drug-likeness (QED) is 0.509. The van der Waals surface area contributed by atoms with Gasteiger partial charge < -0.3 is 4.84 Å². The third kappa shape index (κ3) is 2.68. The van der Waals surface area contributed by atoms with Crippen molar-refractivity contribution in [2.45, 2.75) is 85.0 Å². The minimum absolute atomic E-state index is 0.0135. The van der Waals surface area contributed by atoms with E-state index in [1.54, 1.807) is 0 Å². The molecule has 4 saturated carbocycles. The molecule has 0 aromatic heterocycles. The number of hydrogen-bond acceptors (Lipinski definition) is 3. The van der Waals surface area contributed by atoms with Crippen LogP contribution in [-0.4, -0.2) is 18.1 Å². The van der Waals surface area contributed by atoms with Crippen LogP contribution >= 0.6 is 0 Å². The maximum absolute atomic E-state index is 12.5. The van der Waals surface area contributed by atoms with Crippen LogP contribution in [-0.2, 0) is 9.63 Å². The van der Waals surface area contributed by atoms with E-state index < -0.39 is 0 Å². The lowest BCUT2D eigenvalue weighted by atomic mass is 9.45. The van der Waals surface area contributed by atoms with Crippen LogP contribution in [0.15, 0.2) is 5.16 Å². The number of rotatable bonds is 3. The molecule has 0 aromatic rings. The first-order valence-corrected chi connectivity index (χ1v) is 10.7. The first-order chi connectivity index (χ1) is 12.0. The minimum atomic E-state index is 0.0135. The lowest BCUT2D eigenvalue weighted by Crippen LogP contribution is -2.53. The van der Waals surface area contributed by atoms with Gasteiger partial charge in [0.2, 0.25) is 0 Å². The molecule has 0 saturated heterocycles. The van der Waals surface area contributed by atoms with E-state index in [9.17, 15) is 4.79 Å². The van der Waals surface area contributed by atoms with Crippen molar-refractivity contribution in [1.82, 2.24) is 0 Å². The zero-order valence-electron chi connectivity index (χ0n) is 16.4. The first-order valence-electron chi connectivity index (χ1n) is 10.7. The molecule has 3 nitrogen and oxygen atoms in total. The average Bonchev–Trinajstić information content (AvgIpc) is 2.90. The predicted molar refractivity (Wildman–Crippen MR) is 100 cm³/mol. The van der Waals surface area contributed by atoms with Gasteiger partial charge in [0.05, 0.1) is 5.71 Å². The lowest BCUT2D eigenvalue weighted by Gasteiger charge is -2.59. The number of oxime groups is 1. The SMILES string of the molecule is CCCON=C1CC[C@]2(C)C3CC[C@]4(C)C(=O)CCC4C3CC[C@H]2C1. The van der Waals surface area contributed by atoms with Gasteiger partial charge in [-0.25, -0.2) is 0 Å². The van der Waals surface area contributed by atoms with Gasteiger partial charge in [-0.05, 0) is 86.9 Å². The summed E-state index contributed by atoms with van der Waals surface area (Å²) in [6.07, 6.45) is 11.6. The van der Waals surface area contributed by atoms with Crippen molar-refractivity contribution < 1.29 is 9.63 Å². The van der Waals surface area contributed by atoms with Crippen LogP contribution in [0.2, 0.25) is 0 Å². The number of Topliss-reactive ketones (excluding diaryl/α,β-unsaturated/α-hetero) is 1. The fourth-order valence-electron chi connectivity index (χ4n) is 7.14. The van der Waals surface area contributed by atoms with Crippen LogP contribution < -0.4 is 0 Å². The van der Waals surface area contributed by atoms with Crippen molar-refractivity contribution >= 4 is 11.5 Å². The largest absolute Gasteiger partial charge is 0.396 e. The van der Waals surface area contributed by atoms with Gasteiger partial charge in [0.25, 0.3) is 0 Å². The van der Waals surface area contributed by atoms with Crippen molar-refractivity contribution in [2.24, 2.45) is 39.7 Å². The van der Waals surface area contributed by atoms with E-state index in [1.807, 2.05) is 0 Å². The summed E-state index contributed by atoms with van der Waals surface area (Å²) in [4.78, 5) is 18.0. The number of carbonyl (C=O) groups is 1. The number of carbonyl (C=O) groups excluding carboxylic acids is 1. The normalized spacial score (nSPS) is 48.0. The van der Waals surface area contributed by atoms with Gasteiger partial charge >= 0.3 is 0 Å². The molecule has 3 heteroatoms. The Balaban J connectivity index is 1.51. The van der Waals surface area contributed by atoms with E-state index in [-0.39, 0.29) is 5.41 Å². The highest BCUT2D eigenvalue weighted by Crippen LogP contribution is 2.65. The Morgan fingerprint density at radius 2 is 1.92 bits per heavy atom. The number of hydrogen-bond donors (Lipinski definition) is 0. The fraction of sp³-hybridized carbons (Fsp3) is 0.909. The van der Waals surface area contributed by atoms with Crippen molar-refractivity contribution in [1.29, 1.82) is 0 Å². The van der Waals surface area contributed by atoms with Crippen LogP contribution in [0, 0.1) is 34.5 Å². The average molecular weight is 346 g/mol. The fourth-order valence-corrected chi connectivity index (χ4v) is 7.14. The van der Waals surface area contributed by atoms with Crippen molar-refractivity contribution in [2.75, 3.05) is 6.61 Å². The highest BCUT2D eigenvalue weighted by molar-refractivity contribution is 5.87. The molecule has 0 bridgehead atoms. The smallest absolute Gasteiger partial charge is 0.139 e. The summed E-state index contributed by atoms with van der Waals surface area (Å²) in [7, 11) is 0. The highest BCUT2D eigenvalue weighted by Gasteiger charge is 2.59. The summed E-state index contributed by atoms with van der Waals surface area (Å²) >= 11 is 0. The maximum atomic E-state index is 12.5. The second-order valence-electron chi connectivity index (χ2n) is 9.77. The van der Waals surface area contributed by atoms with E-state index in [0.29, 0.717) is 17.1 Å². The Bertz CT molecular complexity index is 570. The number of fused-ring (bicyclic) bond motifs is 5. The first kappa shape index (κ1) is 17.5. The molecule has 140 valence electrons. The summed E-state index contributed by atoms with van der Waals surface area (Å²) < 4.78 is 0. The summed E-state index contributed by atoms with van der Waals surface area (Å²) in [5.74, 6) is 3.62. The standard InChI is InChI=1S/C22H35NO2/c1-4-13-25-23-16-9-11-21(2)15(14-16)5-6-17-18-7-8-20(24)22(18,3)12-10-19(17)21/h15,17-19H,4-14H2,1-3H3/t15-,17?,18?,19?,21-,22-/m0/s1. The summed E-state index contributed by atoms with van der Waals surface area (Å²) in [6, 6.07) is 0. The van der Waals surface area contributed by atoms with Gasteiger partial charge in [-0.2, -0.15) is 0 Å². The molecule has 4 aliphatic carbocycles. The molecule has 0 aliphatic heterocycles. The molecule has 0 radical (unpaired) electrons. The molecule has 0 amide bonds. The predicted octanol–water partition coefficient (Wildman–Crippen LogP) is 5.38. The van der Waals surface area contributed by atoms with Gasteiger partial charge in [-0.15, -0.1) is 0 Å². The highest BCUT2D eigenvalue weighted by atomic mass is 16.6. The molecule has 0 spiro atoms. The second kappa shape index (κ2) is 6.39. The number of nitrogens with zero attached hydrogens (tertiary/aromatic N) is 1. The maximum Gasteiger partial charge on any atom is 0.139 e. The van der Waals surface area contributed by atoms with E-state index in [4.69, 9.17) is 4.84 Å². The monoisotopic (exact) mass is 345 g/mol. The molecule has 0 heterocycles. The molecular weight excluding hydrogens is 310 g/mol. The molecule has 0 aromatic carbocycles. The van der Waals surface area contributed by atoms with Crippen LogP contribution in [0.3, 0.4) is 0 Å². The number of ketones is 1. The van der Waals surface area contributed by atoms with Crippen LogP contribution in [0.1, 0.15) is 85.0 Å². The Kier molecular flexibility index (Phi) is 4.48. The zero-order valence-corrected chi connectivity index (χ0v) is 16.4. The summed E-state index contributed by atoms with van der Waals surface area (Å²) in [5.41, 5.74) is 1.77.